The van der Waals surface area contributed by atoms with E-state index in [0.717, 1.165) is 60.8 Å². The summed E-state index contributed by atoms with van der Waals surface area (Å²) < 4.78 is 8.10. The van der Waals surface area contributed by atoms with Gasteiger partial charge in [0.1, 0.15) is 6.10 Å². The van der Waals surface area contributed by atoms with E-state index in [-0.39, 0.29) is 12.1 Å². The molecule has 5 rings (SSSR count). The monoisotopic (exact) mass is 484 g/mol. The van der Waals surface area contributed by atoms with Crippen LogP contribution in [0.5, 0.6) is 5.88 Å². The third-order valence-corrected chi connectivity index (χ3v) is 5.78. The molecule has 0 aliphatic carbocycles. The zero-order valence-corrected chi connectivity index (χ0v) is 20.9. The summed E-state index contributed by atoms with van der Waals surface area (Å²) in [6.07, 6.45) is 7.37. The molecule has 0 radical (unpaired) electrons. The van der Waals surface area contributed by atoms with E-state index in [9.17, 15) is 0 Å². The number of rotatable bonds is 5. The minimum atomic E-state index is -0.0633. The van der Waals surface area contributed by atoms with E-state index >= 15 is 0 Å². The molecule has 1 atom stereocenters. The number of aliphatic hydroxyl groups excluding tert-OH is 1. The van der Waals surface area contributed by atoms with Crippen LogP contribution in [0.25, 0.3) is 16.4 Å². The van der Waals surface area contributed by atoms with E-state index in [2.05, 4.69) is 33.7 Å². The Bertz CT molecular complexity index is 1190. The Balaban J connectivity index is 0.000000771. The van der Waals surface area contributed by atoms with Crippen molar-refractivity contribution in [2.24, 2.45) is 0 Å². The van der Waals surface area contributed by atoms with Gasteiger partial charge in [-0.1, -0.05) is 37.6 Å². The maximum absolute atomic E-state index is 7.00. The molecule has 0 amide bonds. The van der Waals surface area contributed by atoms with Gasteiger partial charge in [0.2, 0.25) is 5.88 Å². The Morgan fingerprint density at radius 2 is 1.94 bits per heavy atom. The van der Waals surface area contributed by atoms with Crippen molar-refractivity contribution >= 4 is 33.7 Å². The molecule has 1 saturated heterocycles. The zero-order valence-electron chi connectivity index (χ0n) is 20.1. The number of nitrogens with one attached hydrogen (secondary N) is 2. The van der Waals surface area contributed by atoms with Crippen molar-refractivity contribution < 1.29 is 9.84 Å². The molecule has 1 aromatic carbocycles. The highest BCUT2D eigenvalue weighted by atomic mass is 35.5. The van der Waals surface area contributed by atoms with Crippen LogP contribution in [0.2, 0.25) is 5.02 Å². The van der Waals surface area contributed by atoms with Crippen molar-refractivity contribution in [3.05, 3.63) is 59.6 Å². The van der Waals surface area contributed by atoms with Gasteiger partial charge in [0, 0.05) is 19.5 Å². The van der Waals surface area contributed by atoms with Crippen molar-refractivity contribution in [3.8, 4) is 5.88 Å². The van der Waals surface area contributed by atoms with Crippen LogP contribution in [0.3, 0.4) is 0 Å². The van der Waals surface area contributed by atoms with E-state index in [1.807, 2.05) is 44.3 Å². The lowest BCUT2D eigenvalue weighted by molar-refractivity contribution is 0.158. The zero-order chi connectivity index (χ0) is 24.5. The summed E-state index contributed by atoms with van der Waals surface area (Å²) in [5, 5.41) is 20.7. The highest BCUT2D eigenvalue weighted by Crippen LogP contribution is 2.34. The summed E-state index contributed by atoms with van der Waals surface area (Å²) in [6.45, 7) is 7.99. The van der Waals surface area contributed by atoms with Gasteiger partial charge in [-0.25, -0.2) is 14.5 Å². The first-order chi connectivity index (χ1) is 16.7. The molecular formula is C25H33ClN6O2. The molecule has 0 unspecified atom stereocenters. The number of fused-ring (bicyclic) bond motifs is 2. The second kappa shape index (κ2) is 12.5. The summed E-state index contributed by atoms with van der Waals surface area (Å²) >= 11 is 6.53. The molecule has 1 aliphatic heterocycles. The number of nitrogens with zero attached hydrogens (tertiary/aromatic N) is 4. The average Bonchev–Trinajstić information content (AvgIpc) is 3.37. The maximum atomic E-state index is 7.00. The van der Waals surface area contributed by atoms with Gasteiger partial charge in [-0.15, -0.1) is 0 Å². The highest BCUT2D eigenvalue weighted by molar-refractivity contribution is 6.36. The fourth-order valence-corrected chi connectivity index (χ4v) is 4.15. The first-order valence-corrected chi connectivity index (χ1v) is 12.0. The Labute approximate surface area is 205 Å². The lowest BCUT2D eigenvalue weighted by atomic mass is 10.1. The summed E-state index contributed by atoms with van der Waals surface area (Å²) in [4.78, 5) is 9.28. The molecule has 0 spiro atoms. The van der Waals surface area contributed by atoms with Crippen molar-refractivity contribution in [1.82, 2.24) is 24.9 Å². The van der Waals surface area contributed by atoms with Gasteiger partial charge in [0.15, 0.2) is 5.65 Å². The summed E-state index contributed by atoms with van der Waals surface area (Å²) in [7, 11) is 1.00. The standard InChI is InChI=1S/C22H23ClN6O.C2H6.CH4O/c1-14(27-18-7-10-26-29-12-11-25-21(18)29)19-13-15-3-2-4-17(23)20(15)22(28-19)30-16-5-8-24-9-6-16;2*1-2/h2-4,7,10-14,16,24,27H,5-6,8-9H2,1H3;1-2H3;2H,1H3/t14-;;/m0../s1. The second-order valence-corrected chi connectivity index (χ2v) is 7.97. The van der Waals surface area contributed by atoms with Gasteiger partial charge in [0.25, 0.3) is 0 Å². The van der Waals surface area contributed by atoms with Crippen LogP contribution < -0.4 is 15.4 Å². The number of aromatic nitrogens is 4. The van der Waals surface area contributed by atoms with Crippen LogP contribution >= 0.6 is 11.6 Å². The van der Waals surface area contributed by atoms with Gasteiger partial charge in [-0.2, -0.15) is 5.10 Å². The van der Waals surface area contributed by atoms with Crippen molar-refractivity contribution in [3.63, 3.8) is 0 Å². The first-order valence-electron chi connectivity index (χ1n) is 11.7. The molecule has 4 aromatic rings. The third kappa shape index (κ3) is 5.75. The Morgan fingerprint density at radius 3 is 2.71 bits per heavy atom. The summed E-state index contributed by atoms with van der Waals surface area (Å²) in [5.74, 6) is 0.606. The van der Waals surface area contributed by atoms with Gasteiger partial charge in [0.05, 0.1) is 34.0 Å². The Kier molecular flexibility index (Phi) is 9.44. The lowest BCUT2D eigenvalue weighted by Crippen LogP contribution is -2.34. The van der Waals surface area contributed by atoms with Gasteiger partial charge in [-0.05, 0) is 56.4 Å². The number of aliphatic hydroxyl groups is 1. The molecule has 3 N–H and O–H groups in total. The fourth-order valence-electron chi connectivity index (χ4n) is 3.89. The van der Waals surface area contributed by atoms with E-state index in [1.54, 1.807) is 16.9 Å². The van der Waals surface area contributed by atoms with Crippen molar-refractivity contribution in [2.45, 2.75) is 45.8 Å². The number of pyridine rings is 1. The van der Waals surface area contributed by atoms with Gasteiger partial charge < -0.3 is 20.5 Å². The van der Waals surface area contributed by atoms with Crippen LogP contribution in [-0.2, 0) is 0 Å². The van der Waals surface area contributed by atoms with Gasteiger partial charge in [-0.3, -0.25) is 0 Å². The molecule has 0 bridgehead atoms. The summed E-state index contributed by atoms with van der Waals surface area (Å²) in [6, 6.07) is 9.81. The van der Waals surface area contributed by atoms with Crippen molar-refractivity contribution in [2.75, 3.05) is 25.5 Å². The highest BCUT2D eigenvalue weighted by Gasteiger charge is 2.20. The largest absolute Gasteiger partial charge is 0.474 e. The first kappa shape index (κ1) is 25.7. The number of imidazole rings is 1. The molecule has 1 aliphatic rings. The number of ether oxygens (including phenoxy) is 1. The predicted molar refractivity (Wildman–Crippen MR) is 138 cm³/mol. The number of halogens is 1. The molecule has 182 valence electrons. The normalized spacial score (nSPS) is 14.5. The average molecular weight is 485 g/mol. The van der Waals surface area contributed by atoms with Crippen LogP contribution in [0.4, 0.5) is 5.69 Å². The van der Waals surface area contributed by atoms with E-state index in [0.29, 0.717) is 10.9 Å². The molecule has 1 fully saturated rings. The van der Waals surface area contributed by atoms with Crippen LogP contribution in [0.1, 0.15) is 45.3 Å². The topological polar surface area (TPSA) is 96.6 Å². The van der Waals surface area contributed by atoms with Crippen LogP contribution in [-0.4, -0.2) is 51.0 Å². The van der Waals surface area contributed by atoms with Crippen molar-refractivity contribution in [1.29, 1.82) is 0 Å². The van der Waals surface area contributed by atoms with Gasteiger partial charge >= 0.3 is 0 Å². The molecular weight excluding hydrogens is 452 g/mol. The number of anilines is 1. The van der Waals surface area contributed by atoms with E-state index < -0.39 is 0 Å². The Hall–Kier alpha value is -2.94. The molecule has 4 heterocycles. The maximum Gasteiger partial charge on any atom is 0.223 e. The molecule has 3 aromatic heterocycles. The SMILES string of the molecule is CC.CO.C[C@H](Nc1ccnn2ccnc12)c1cc2cccc(Cl)c2c(OC2CCNCC2)n1. The second-order valence-electron chi connectivity index (χ2n) is 7.56. The number of benzene rings is 1. The fraction of sp³-hybridized carbons (Fsp3) is 0.400. The van der Waals surface area contributed by atoms with Crippen LogP contribution in [0, 0.1) is 0 Å². The minimum absolute atomic E-state index is 0.0633. The molecule has 8 nitrogen and oxygen atoms in total. The Morgan fingerprint density at radius 1 is 1.18 bits per heavy atom. The molecule has 34 heavy (non-hydrogen) atoms. The molecule has 9 heteroatoms. The van der Waals surface area contributed by atoms with E-state index in [4.69, 9.17) is 26.4 Å². The minimum Gasteiger partial charge on any atom is -0.474 e. The predicted octanol–water partition coefficient (Wildman–Crippen LogP) is 4.87. The smallest absolute Gasteiger partial charge is 0.223 e. The number of piperidine rings is 1. The van der Waals surface area contributed by atoms with E-state index in [1.165, 1.54) is 0 Å². The van der Waals surface area contributed by atoms with Crippen LogP contribution in [0.15, 0.2) is 48.9 Å². The quantitative estimate of drug-likeness (QED) is 0.372. The lowest BCUT2D eigenvalue weighted by Gasteiger charge is -2.25. The number of hydrogen-bond acceptors (Lipinski definition) is 7. The molecule has 0 saturated carbocycles. The third-order valence-electron chi connectivity index (χ3n) is 5.47. The number of hydrogen-bond donors (Lipinski definition) is 3. The summed E-state index contributed by atoms with van der Waals surface area (Å²) in [5.41, 5.74) is 2.56.